The summed E-state index contributed by atoms with van der Waals surface area (Å²) in [4.78, 5) is 14.3. The van der Waals surface area contributed by atoms with E-state index in [1.165, 1.54) is 0 Å². The molecule has 0 aromatic rings. The molecular weight excluding hydrogens is 180 g/mol. The molecular formula is C10H24N2O2. The highest BCUT2D eigenvalue weighted by molar-refractivity contribution is 5.66. The summed E-state index contributed by atoms with van der Waals surface area (Å²) in [6.07, 6.45) is 0.226. The van der Waals surface area contributed by atoms with Crippen molar-refractivity contribution in [3.63, 3.8) is 0 Å². The van der Waals surface area contributed by atoms with E-state index in [1.807, 2.05) is 39.9 Å². The summed E-state index contributed by atoms with van der Waals surface area (Å²) in [5.41, 5.74) is 0. The number of hydrogen-bond acceptors (Lipinski definition) is 3. The predicted molar refractivity (Wildman–Crippen MR) is 59.7 cm³/mol. The van der Waals surface area contributed by atoms with Crippen molar-refractivity contribution in [2.24, 2.45) is 0 Å². The molecule has 86 valence electrons. The first-order valence-corrected chi connectivity index (χ1v) is 5.07. The zero-order valence-electron chi connectivity index (χ0n) is 10.1. The number of nitrogens with zero attached hydrogens (tertiary/aromatic N) is 2. The van der Waals surface area contributed by atoms with Crippen LogP contribution in [0, 0.1) is 0 Å². The van der Waals surface area contributed by atoms with Crippen LogP contribution in [0.3, 0.4) is 0 Å². The van der Waals surface area contributed by atoms with Gasteiger partial charge >= 0.3 is 5.97 Å². The van der Waals surface area contributed by atoms with E-state index in [1.54, 1.807) is 0 Å². The molecule has 0 radical (unpaired) electrons. The van der Waals surface area contributed by atoms with E-state index in [9.17, 15) is 4.79 Å². The molecule has 0 fully saturated rings. The zero-order chi connectivity index (χ0) is 11.6. The van der Waals surface area contributed by atoms with Crippen LogP contribution in [-0.2, 0) is 4.79 Å². The summed E-state index contributed by atoms with van der Waals surface area (Å²) >= 11 is 0. The molecule has 0 saturated heterocycles. The standard InChI is InChI=1S/C8H18N2O2.C2H6/c1-9(2)6-7-10(3)5-4-8(11)12;1-2/h4-7H2,1-3H3,(H,11,12);1-2H3. The number of aliphatic carboxylic acids is 1. The van der Waals surface area contributed by atoms with Crippen LogP contribution in [0.1, 0.15) is 20.3 Å². The lowest BCUT2D eigenvalue weighted by atomic mass is 10.4. The average molecular weight is 204 g/mol. The highest BCUT2D eigenvalue weighted by Gasteiger charge is 2.01. The Morgan fingerprint density at radius 1 is 1.07 bits per heavy atom. The van der Waals surface area contributed by atoms with Gasteiger partial charge in [0.2, 0.25) is 0 Å². The first kappa shape index (κ1) is 15.8. The van der Waals surface area contributed by atoms with Gasteiger partial charge in [-0.05, 0) is 21.1 Å². The summed E-state index contributed by atoms with van der Waals surface area (Å²) in [5, 5.41) is 8.40. The van der Waals surface area contributed by atoms with Crippen LogP contribution in [0.2, 0.25) is 0 Å². The Bertz CT molecular complexity index is 138. The van der Waals surface area contributed by atoms with Crippen LogP contribution in [0.4, 0.5) is 0 Å². The molecule has 1 N–H and O–H groups in total. The lowest BCUT2D eigenvalue weighted by Crippen LogP contribution is -2.30. The van der Waals surface area contributed by atoms with Gasteiger partial charge in [0.25, 0.3) is 0 Å². The normalized spacial score (nSPS) is 9.93. The van der Waals surface area contributed by atoms with Crippen molar-refractivity contribution >= 4 is 5.97 Å². The number of hydrogen-bond donors (Lipinski definition) is 1. The van der Waals surface area contributed by atoms with E-state index in [0.29, 0.717) is 6.54 Å². The fraction of sp³-hybridized carbons (Fsp3) is 0.900. The van der Waals surface area contributed by atoms with Crippen molar-refractivity contribution in [1.82, 2.24) is 9.80 Å². The van der Waals surface area contributed by atoms with E-state index in [0.717, 1.165) is 13.1 Å². The van der Waals surface area contributed by atoms with Crippen molar-refractivity contribution in [2.75, 3.05) is 40.8 Å². The molecule has 0 aliphatic rings. The molecule has 0 spiro atoms. The second kappa shape index (κ2) is 10.5. The van der Waals surface area contributed by atoms with Gasteiger partial charge in [-0.1, -0.05) is 13.8 Å². The number of rotatable bonds is 6. The monoisotopic (exact) mass is 204 g/mol. The Labute approximate surface area is 87.5 Å². The van der Waals surface area contributed by atoms with E-state index in [-0.39, 0.29) is 6.42 Å². The Morgan fingerprint density at radius 2 is 1.57 bits per heavy atom. The van der Waals surface area contributed by atoms with Gasteiger partial charge in [-0.15, -0.1) is 0 Å². The number of carboxylic acid groups (broad SMARTS) is 1. The van der Waals surface area contributed by atoms with Crippen LogP contribution in [0.25, 0.3) is 0 Å². The minimum absolute atomic E-state index is 0.226. The van der Waals surface area contributed by atoms with Crippen LogP contribution < -0.4 is 0 Å². The van der Waals surface area contributed by atoms with Crippen LogP contribution in [-0.4, -0.2) is 61.7 Å². The fourth-order valence-electron chi connectivity index (χ4n) is 0.769. The van der Waals surface area contributed by atoms with E-state index in [4.69, 9.17) is 5.11 Å². The van der Waals surface area contributed by atoms with Crippen molar-refractivity contribution < 1.29 is 9.90 Å². The molecule has 0 amide bonds. The van der Waals surface area contributed by atoms with Crippen molar-refractivity contribution in [3.8, 4) is 0 Å². The maximum absolute atomic E-state index is 10.2. The second-order valence-electron chi connectivity index (χ2n) is 3.25. The lowest BCUT2D eigenvalue weighted by molar-refractivity contribution is -0.137. The Balaban J connectivity index is 0. The van der Waals surface area contributed by atoms with Crippen molar-refractivity contribution in [1.29, 1.82) is 0 Å². The van der Waals surface area contributed by atoms with Gasteiger partial charge in [-0.3, -0.25) is 4.79 Å². The topological polar surface area (TPSA) is 43.8 Å². The Morgan fingerprint density at radius 3 is 1.93 bits per heavy atom. The van der Waals surface area contributed by atoms with Gasteiger partial charge in [0.1, 0.15) is 0 Å². The summed E-state index contributed by atoms with van der Waals surface area (Å²) in [6.45, 7) is 6.51. The summed E-state index contributed by atoms with van der Waals surface area (Å²) in [5.74, 6) is -0.730. The number of carbonyl (C=O) groups is 1. The molecule has 0 unspecified atom stereocenters. The van der Waals surface area contributed by atoms with Gasteiger partial charge in [0.05, 0.1) is 6.42 Å². The van der Waals surface area contributed by atoms with E-state index < -0.39 is 5.97 Å². The smallest absolute Gasteiger partial charge is 0.304 e. The minimum Gasteiger partial charge on any atom is -0.481 e. The molecule has 0 aromatic carbocycles. The molecule has 0 bridgehead atoms. The summed E-state index contributed by atoms with van der Waals surface area (Å²) in [7, 11) is 5.95. The van der Waals surface area contributed by atoms with E-state index in [2.05, 4.69) is 4.90 Å². The molecule has 0 saturated carbocycles. The largest absolute Gasteiger partial charge is 0.481 e. The first-order valence-electron chi connectivity index (χ1n) is 5.07. The second-order valence-corrected chi connectivity index (χ2v) is 3.25. The fourth-order valence-corrected chi connectivity index (χ4v) is 0.769. The summed E-state index contributed by atoms with van der Waals surface area (Å²) < 4.78 is 0. The van der Waals surface area contributed by atoms with Crippen molar-refractivity contribution in [2.45, 2.75) is 20.3 Å². The van der Waals surface area contributed by atoms with E-state index >= 15 is 0 Å². The third kappa shape index (κ3) is 13.9. The zero-order valence-corrected chi connectivity index (χ0v) is 10.1. The molecule has 4 heteroatoms. The molecule has 4 nitrogen and oxygen atoms in total. The minimum atomic E-state index is -0.730. The van der Waals surface area contributed by atoms with Gasteiger partial charge in [-0.25, -0.2) is 0 Å². The third-order valence-electron chi connectivity index (χ3n) is 1.64. The van der Waals surface area contributed by atoms with Gasteiger partial charge in [-0.2, -0.15) is 0 Å². The molecule has 0 heterocycles. The summed E-state index contributed by atoms with van der Waals surface area (Å²) in [6, 6.07) is 0. The van der Waals surface area contributed by atoms with Gasteiger partial charge in [0.15, 0.2) is 0 Å². The van der Waals surface area contributed by atoms with Crippen LogP contribution in [0.5, 0.6) is 0 Å². The highest BCUT2D eigenvalue weighted by Crippen LogP contribution is 1.87. The molecule has 14 heavy (non-hydrogen) atoms. The van der Waals surface area contributed by atoms with Crippen LogP contribution >= 0.6 is 0 Å². The Kier molecular flexibility index (Phi) is 11.9. The van der Waals surface area contributed by atoms with Crippen LogP contribution in [0.15, 0.2) is 0 Å². The molecule has 0 aliphatic carbocycles. The average Bonchev–Trinajstić information content (AvgIpc) is 2.14. The third-order valence-corrected chi connectivity index (χ3v) is 1.64. The molecule has 0 rings (SSSR count). The molecule has 0 atom stereocenters. The molecule has 0 aromatic heterocycles. The maximum Gasteiger partial charge on any atom is 0.304 e. The number of likely N-dealkylation sites (N-methyl/N-ethyl adjacent to an activating group) is 2. The lowest BCUT2D eigenvalue weighted by Gasteiger charge is -2.17. The van der Waals surface area contributed by atoms with Gasteiger partial charge < -0.3 is 14.9 Å². The SMILES string of the molecule is CC.CN(C)CCN(C)CCC(=O)O. The molecule has 0 aliphatic heterocycles. The maximum atomic E-state index is 10.2. The van der Waals surface area contributed by atoms with Gasteiger partial charge in [0, 0.05) is 19.6 Å². The highest BCUT2D eigenvalue weighted by atomic mass is 16.4. The predicted octanol–water partition coefficient (Wildman–Crippen LogP) is 0.981. The number of carboxylic acids is 1. The quantitative estimate of drug-likeness (QED) is 0.700. The van der Waals surface area contributed by atoms with Crippen molar-refractivity contribution in [3.05, 3.63) is 0 Å². The Hall–Kier alpha value is -0.610. The first-order chi connectivity index (χ1) is 6.52.